The second-order valence-electron chi connectivity index (χ2n) is 4.64. The molecule has 3 N–H and O–H groups in total. The first-order chi connectivity index (χ1) is 6.03. The number of ether oxygens (including phenoxy) is 1. The zero-order chi connectivity index (χ0) is 9.64. The van der Waals surface area contributed by atoms with Gasteiger partial charge in [-0.2, -0.15) is 0 Å². The monoisotopic (exact) mass is 180 g/mol. The molecule has 0 spiro atoms. The van der Waals surface area contributed by atoms with E-state index in [4.69, 9.17) is 18.3 Å². The maximum Gasteiger partial charge on any atom is 0.0927 e. The summed E-state index contributed by atoms with van der Waals surface area (Å²) in [5.41, 5.74) is 5.86. The Kier molecular flexibility index (Phi) is 2.17. The molecule has 5 unspecified atom stereocenters. The van der Waals surface area contributed by atoms with Gasteiger partial charge in [-0.1, -0.05) is 12.7 Å². The third kappa shape index (κ3) is 1.41. The molecule has 0 aromatic rings. The summed E-state index contributed by atoms with van der Waals surface area (Å²) in [4.78, 5) is 0. The third-order valence-electron chi connectivity index (χ3n) is 3.34. The molecule has 4 heteroatoms. The molecule has 13 heavy (non-hydrogen) atoms. The Morgan fingerprint density at radius 1 is 1.62 bits per heavy atom. The zero-order valence-corrected chi connectivity index (χ0v) is 8.29. The normalized spacial score (nSPS) is 56.2. The molecule has 2 heterocycles. The van der Waals surface area contributed by atoms with Crippen LogP contribution in [0.1, 0.15) is 20.3 Å². The van der Waals surface area contributed by atoms with Gasteiger partial charge in [-0.25, -0.2) is 0 Å². The van der Waals surface area contributed by atoms with Crippen LogP contribution in [0.2, 0.25) is 5.82 Å². The minimum atomic E-state index is -0.0174. The highest BCUT2D eigenvalue weighted by Crippen LogP contribution is 2.37. The molecule has 2 aliphatic heterocycles. The Labute approximate surface area is 80.8 Å². The summed E-state index contributed by atoms with van der Waals surface area (Å²) in [6, 6.07) is 0.538. The minimum Gasteiger partial charge on any atom is -0.373 e. The summed E-state index contributed by atoms with van der Waals surface area (Å²) in [7, 11) is 5.96. The van der Waals surface area contributed by atoms with Crippen LogP contribution in [0.5, 0.6) is 0 Å². The average molecular weight is 180 g/mol. The number of nitrogens with two attached hydrogens (primary N) is 1. The van der Waals surface area contributed by atoms with Gasteiger partial charge in [0.15, 0.2) is 0 Å². The van der Waals surface area contributed by atoms with E-state index in [1.165, 1.54) is 0 Å². The van der Waals surface area contributed by atoms with Gasteiger partial charge in [0.2, 0.25) is 0 Å². The zero-order valence-electron chi connectivity index (χ0n) is 8.29. The van der Waals surface area contributed by atoms with Crippen molar-refractivity contribution >= 4 is 7.85 Å². The van der Waals surface area contributed by atoms with Crippen LogP contribution in [0, 0.1) is 0 Å². The van der Waals surface area contributed by atoms with Gasteiger partial charge >= 0.3 is 0 Å². The lowest BCUT2D eigenvalue weighted by molar-refractivity contribution is -0.115. The molecule has 2 saturated heterocycles. The lowest BCUT2D eigenvalue weighted by Crippen LogP contribution is -2.65. The van der Waals surface area contributed by atoms with Crippen molar-refractivity contribution in [3.05, 3.63) is 0 Å². The maximum atomic E-state index is 5.96. The van der Waals surface area contributed by atoms with E-state index in [1.807, 2.05) is 0 Å². The van der Waals surface area contributed by atoms with E-state index in [0.29, 0.717) is 12.6 Å². The van der Waals surface area contributed by atoms with Crippen LogP contribution in [0.25, 0.3) is 0 Å². The van der Waals surface area contributed by atoms with E-state index in [-0.39, 0.29) is 23.5 Å². The van der Waals surface area contributed by atoms with Crippen molar-refractivity contribution in [2.24, 2.45) is 5.73 Å². The number of rotatable bonds is 1. The van der Waals surface area contributed by atoms with Crippen molar-refractivity contribution in [3.8, 4) is 0 Å². The molecule has 2 radical (unpaired) electrons. The molecule has 0 aromatic heterocycles. The summed E-state index contributed by atoms with van der Waals surface area (Å²) in [5.74, 6) is 0.224. The lowest BCUT2D eigenvalue weighted by atomic mass is 9.75. The Morgan fingerprint density at radius 2 is 2.31 bits per heavy atom. The van der Waals surface area contributed by atoms with Gasteiger partial charge in [-0.05, 0) is 19.4 Å². The van der Waals surface area contributed by atoms with Gasteiger partial charge in [0.25, 0.3) is 0 Å². The minimum absolute atomic E-state index is 0.0174. The number of hydrogen-bond acceptors (Lipinski definition) is 3. The molecule has 0 amide bonds. The first kappa shape index (κ1) is 9.50. The van der Waals surface area contributed by atoms with Crippen molar-refractivity contribution in [3.63, 3.8) is 0 Å². The second kappa shape index (κ2) is 2.97. The van der Waals surface area contributed by atoms with Crippen LogP contribution in [0.4, 0.5) is 0 Å². The molecule has 3 nitrogen and oxygen atoms in total. The van der Waals surface area contributed by atoms with Gasteiger partial charge in [0, 0.05) is 5.54 Å². The van der Waals surface area contributed by atoms with Crippen molar-refractivity contribution in [1.82, 2.24) is 5.32 Å². The average Bonchev–Trinajstić information content (AvgIpc) is 2.23. The predicted octanol–water partition coefficient (Wildman–Crippen LogP) is -0.190. The van der Waals surface area contributed by atoms with Crippen molar-refractivity contribution < 1.29 is 4.74 Å². The van der Waals surface area contributed by atoms with E-state index < -0.39 is 0 Å². The van der Waals surface area contributed by atoms with E-state index in [2.05, 4.69) is 19.2 Å². The fraction of sp³-hybridized carbons (Fsp3) is 1.00. The highest BCUT2D eigenvalue weighted by molar-refractivity contribution is 6.12. The molecule has 0 aliphatic carbocycles. The Morgan fingerprint density at radius 3 is 2.62 bits per heavy atom. The Hall–Kier alpha value is -0.0551. The maximum absolute atomic E-state index is 5.96. The fourth-order valence-electron chi connectivity index (χ4n) is 2.51. The van der Waals surface area contributed by atoms with Gasteiger partial charge in [0.05, 0.1) is 26.6 Å². The highest BCUT2D eigenvalue weighted by atomic mass is 16.5. The molecule has 0 bridgehead atoms. The third-order valence-corrected chi connectivity index (χ3v) is 3.34. The summed E-state index contributed by atoms with van der Waals surface area (Å²) < 4.78 is 5.48. The first-order valence-corrected chi connectivity index (χ1v) is 4.93. The van der Waals surface area contributed by atoms with Gasteiger partial charge in [0.1, 0.15) is 0 Å². The molecule has 5 atom stereocenters. The second-order valence-corrected chi connectivity index (χ2v) is 4.64. The van der Waals surface area contributed by atoms with Crippen molar-refractivity contribution in [2.75, 3.05) is 6.61 Å². The Bertz CT molecular complexity index is 202. The highest BCUT2D eigenvalue weighted by Gasteiger charge is 2.49. The van der Waals surface area contributed by atoms with Gasteiger partial charge in [-0.3, -0.25) is 0 Å². The predicted molar refractivity (Wildman–Crippen MR) is 52.8 cm³/mol. The molecule has 2 rings (SSSR count). The van der Waals surface area contributed by atoms with E-state index in [1.54, 1.807) is 0 Å². The van der Waals surface area contributed by atoms with Gasteiger partial charge in [-0.15, -0.1) is 0 Å². The molecule has 2 aliphatic rings. The molecule has 0 saturated carbocycles. The van der Waals surface area contributed by atoms with Crippen LogP contribution in [-0.4, -0.2) is 38.2 Å². The lowest BCUT2D eigenvalue weighted by Gasteiger charge is -2.45. The van der Waals surface area contributed by atoms with Crippen molar-refractivity contribution in [2.45, 2.75) is 49.8 Å². The summed E-state index contributed by atoms with van der Waals surface area (Å²) in [6.45, 7) is 4.95. The molecule has 2 fully saturated rings. The van der Waals surface area contributed by atoms with Crippen LogP contribution < -0.4 is 11.1 Å². The summed E-state index contributed by atoms with van der Waals surface area (Å²) in [5, 5.41) is 3.48. The quantitative estimate of drug-likeness (QED) is 0.550. The number of hydrogen-bond donors (Lipinski definition) is 2. The van der Waals surface area contributed by atoms with Crippen LogP contribution in [0.15, 0.2) is 0 Å². The summed E-state index contributed by atoms with van der Waals surface area (Å²) >= 11 is 0. The van der Waals surface area contributed by atoms with Crippen LogP contribution in [-0.2, 0) is 4.74 Å². The topological polar surface area (TPSA) is 47.3 Å². The molecule has 72 valence electrons. The van der Waals surface area contributed by atoms with Crippen molar-refractivity contribution in [1.29, 1.82) is 0 Å². The van der Waals surface area contributed by atoms with Crippen LogP contribution in [0.3, 0.4) is 0 Å². The molecular formula is C9H17BN2O. The van der Waals surface area contributed by atoms with E-state index in [0.717, 1.165) is 6.42 Å². The fourth-order valence-corrected chi connectivity index (χ4v) is 2.51. The Balaban J connectivity index is 2.05. The SMILES string of the molecule is [B]C1CC(C)(C2OCC2N)NC1C. The molecular weight excluding hydrogens is 163 g/mol. The largest absolute Gasteiger partial charge is 0.373 e. The number of nitrogens with one attached hydrogen (secondary N) is 1. The smallest absolute Gasteiger partial charge is 0.0927 e. The summed E-state index contributed by atoms with van der Waals surface area (Å²) in [6.07, 6.45) is 1.09. The standard InChI is InChI=1S/C9H17BN2O/c1-5-6(10)3-9(2,12-5)8-7(11)4-13-8/h5-8,12H,3-4,11H2,1-2H3. The molecule has 0 aromatic carbocycles. The first-order valence-electron chi connectivity index (χ1n) is 4.93. The van der Waals surface area contributed by atoms with Crippen LogP contribution >= 0.6 is 0 Å². The van der Waals surface area contributed by atoms with E-state index in [9.17, 15) is 0 Å². The van der Waals surface area contributed by atoms with E-state index >= 15 is 0 Å². The van der Waals surface area contributed by atoms with Gasteiger partial charge < -0.3 is 15.8 Å².